The zero-order valence-corrected chi connectivity index (χ0v) is 16.0. The van der Waals surface area contributed by atoms with Crippen molar-refractivity contribution in [2.45, 2.75) is 18.4 Å². The average molecular weight is 402 g/mol. The second-order valence-corrected chi connectivity index (χ2v) is 8.02. The molecule has 0 bridgehead atoms. The van der Waals surface area contributed by atoms with Gasteiger partial charge in [-0.1, -0.05) is 82.7 Å². The summed E-state index contributed by atoms with van der Waals surface area (Å²) in [5.41, 5.74) is 6.61. The van der Waals surface area contributed by atoms with Gasteiger partial charge in [0.2, 0.25) is 0 Å². The fraction of sp³-hybridized carbons (Fsp3) is 0.167. The molecule has 1 aliphatic heterocycles. The van der Waals surface area contributed by atoms with Gasteiger partial charge in [-0.25, -0.2) is 0 Å². The molecule has 0 aromatic heterocycles. The Hall–Kier alpha value is -2.32. The van der Waals surface area contributed by atoms with Crippen LogP contribution in [-0.2, 0) is 0 Å². The van der Waals surface area contributed by atoms with Crippen LogP contribution in [-0.4, -0.2) is 0 Å². The molecule has 0 spiro atoms. The Kier molecular flexibility index (Phi) is 3.94. The van der Waals surface area contributed by atoms with E-state index in [0.29, 0.717) is 17.9 Å². The van der Waals surface area contributed by atoms with Crippen LogP contribution in [0.1, 0.15) is 29.5 Å². The molecule has 0 radical (unpaired) electrons. The zero-order chi connectivity index (χ0) is 17.5. The van der Waals surface area contributed by atoms with Crippen LogP contribution in [0.15, 0.2) is 89.4 Å². The molecule has 0 saturated carbocycles. The molecule has 3 aromatic carbocycles. The minimum atomic E-state index is 0.334. The zero-order valence-electron chi connectivity index (χ0n) is 14.4. The van der Waals surface area contributed by atoms with Crippen LogP contribution in [0, 0.1) is 5.92 Å². The smallest absolute Gasteiger partial charge is 0.0565 e. The summed E-state index contributed by atoms with van der Waals surface area (Å²) < 4.78 is 1.19. The van der Waals surface area contributed by atoms with Crippen LogP contribution in [0.25, 0.3) is 11.1 Å². The number of hydrogen-bond acceptors (Lipinski definition) is 1. The molecule has 0 fully saturated rings. The topological polar surface area (TPSA) is 12.0 Å². The number of halogens is 1. The van der Waals surface area contributed by atoms with Crippen molar-refractivity contribution in [1.29, 1.82) is 0 Å². The molecule has 5 rings (SSSR count). The Labute approximate surface area is 162 Å². The number of allylic oxidation sites excluding steroid dienone is 2. The fourth-order valence-electron chi connectivity index (χ4n) is 4.44. The van der Waals surface area contributed by atoms with Gasteiger partial charge in [-0.05, 0) is 52.8 Å². The van der Waals surface area contributed by atoms with E-state index in [1.807, 2.05) is 0 Å². The van der Waals surface area contributed by atoms with Crippen LogP contribution >= 0.6 is 15.9 Å². The van der Waals surface area contributed by atoms with Crippen LogP contribution in [0.2, 0.25) is 0 Å². The van der Waals surface area contributed by atoms with E-state index >= 15 is 0 Å². The van der Waals surface area contributed by atoms with Gasteiger partial charge in [0.25, 0.3) is 0 Å². The Morgan fingerprint density at radius 1 is 0.808 bits per heavy atom. The van der Waals surface area contributed by atoms with Gasteiger partial charge in [-0.15, -0.1) is 0 Å². The molecule has 1 nitrogen and oxygen atoms in total. The van der Waals surface area contributed by atoms with Crippen molar-refractivity contribution in [3.63, 3.8) is 0 Å². The van der Waals surface area contributed by atoms with Crippen molar-refractivity contribution in [3.8, 4) is 11.1 Å². The maximum Gasteiger partial charge on any atom is 0.0565 e. The van der Waals surface area contributed by atoms with Gasteiger partial charge < -0.3 is 5.32 Å². The Morgan fingerprint density at radius 3 is 2.46 bits per heavy atom. The molecule has 1 N–H and O–H groups in total. The molecule has 1 aliphatic carbocycles. The van der Waals surface area contributed by atoms with E-state index in [1.54, 1.807) is 0 Å². The summed E-state index contributed by atoms with van der Waals surface area (Å²) in [6, 6.07) is 26.4. The highest BCUT2D eigenvalue weighted by atomic mass is 79.9. The third-order valence-corrected chi connectivity index (χ3v) is 6.43. The molecular formula is C24H20BrN. The highest BCUT2D eigenvalue weighted by Gasteiger charge is 2.38. The fourth-order valence-corrected chi connectivity index (χ4v) is 4.97. The molecule has 26 heavy (non-hydrogen) atoms. The van der Waals surface area contributed by atoms with Crippen molar-refractivity contribution < 1.29 is 0 Å². The summed E-state index contributed by atoms with van der Waals surface area (Å²) in [5.74, 6) is 1.04. The SMILES string of the molecule is Brc1ccccc1[C@@H]1Nc2ccc(-c3ccccc3)cc2[C@H]2C=CC[C@H]21. The standard InChI is InChI=1S/C24H20BrN/c25-22-12-5-4-9-20(22)24-19-11-6-10-18(19)21-15-17(13-14-23(21)26-24)16-7-2-1-3-8-16/h1-10,12-15,18-19,24,26H,11H2/t18-,19+,24+/m0/s1. The highest BCUT2D eigenvalue weighted by molar-refractivity contribution is 9.10. The van der Waals surface area contributed by atoms with Gasteiger partial charge in [0, 0.05) is 16.1 Å². The van der Waals surface area contributed by atoms with Gasteiger partial charge in [0.1, 0.15) is 0 Å². The van der Waals surface area contributed by atoms with E-state index in [2.05, 4.69) is 106 Å². The summed E-state index contributed by atoms with van der Waals surface area (Å²) in [5, 5.41) is 3.83. The van der Waals surface area contributed by atoms with Crippen molar-refractivity contribution >= 4 is 21.6 Å². The van der Waals surface area contributed by atoms with Gasteiger partial charge in [-0.3, -0.25) is 0 Å². The van der Waals surface area contributed by atoms with Crippen molar-refractivity contribution in [2.24, 2.45) is 5.92 Å². The summed E-state index contributed by atoms with van der Waals surface area (Å²) in [6.45, 7) is 0. The monoisotopic (exact) mass is 401 g/mol. The van der Waals surface area contributed by atoms with Gasteiger partial charge in [0.05, 0.1) is 6.04 Å². The lowest BCUT2D eigenvalue weighted by Crippen LogP contribution is -2.29. The first-order valence-electron chi connectivity index (χ1n) is 9.18. The van der Waals surface area contributed by atoms with E-state index in [1.165, 1.54) is 32.4 Å². The lowest BCUT2D eigenvalue weighted by Gasteiger charge is -2.38. The molecule has 0 amide bonds. The first-order chi connectivity index (χ1) is 12.8. The molecule has 2 heteroatoms. The lowest BCUT2D eigenvalue weighted by molar-refractivity contribution is 0.424. The minimum Gasteiger partial charge on any atom is -0.378 e. The number of hydrogen-bond donors (Lipinski definition) is 1. The first-order valence-corrected chi connectivity index (χ1v) is 9.97. The lowest BCUT2D eigenvalue weighted by atomic mass is 9.76. The van der Waals surface area contributed by atoms with E-state index in [0.717, 1.165) is 6.42 Å². The maximum absolute atomic E-state index is 3.83. The van der Waals surface area contributed by atoms with Gasteiger partial charge in [-0.2, -0.15) is 0 Å². The van der Waals surface area contributed by atoms with E-state index in [4.69, 9.17) is 0 Å². The molecule has 2 aliphatic rings. The number of benzene rings is 3. The van der Waals surface area contributed by atoms with Crippen molar-refractivity contribution in [1.82, 2.24) is 0 Å². The Balaban J connectivity index is 1.59. The third kappa shape index (κ3) is 2.60. The van der Waals surface area contributed by atoms with E-state index in [9.17, 15) is 0 Å². The van der Waals surface area contributed by atoms with Crippen LogP contribution in [0.5, 0.6) is 0 Å². The predicted molar refractivity (Wildman–Crippen MR) is 112 cm³/mol. The molecule has 128 valence electrons. The second kappa shape index (κ2) is 6.44. The average Bonchev–Trinajstić information content (AvgIpc) is 3.18. The van der Waals surface area contributed by atoms with E-state index < -0.39 is 0 Å². The highest BCUT2D eigenvalue weighted by Crippen LogP contribution is 2.51. The minimum absolute atomic E-state index is 0.334. The van der Waals surface area contributed by atoms with Gasteiger partial charge in [0.15, 0.2) is 0 Å². The summed E-state index contributed by atoms with van der Waals surface area (Å²) in [4.78, 5) is 0. The number of anilines is 1. The summed E-state index contributed by atoms with van der Waals surface area (Å²) >= 11 is 3.75. The maximum atomic E-state index is 3.83. The Morgan fingerprint density at radius 2 is 1.62 bits per heavy atom. The Bertz CT molecular complexity index is 977. The molecule has 1 heterocycles. The molecular weight excluding hydrogens is 382 g/mol. The number of nitrogens with one attached hydrogen (secondary N) is 1. The van der Waals surface area contributed by atoms with Crippen LogP contribution < -0.4 is 5.32 Å². The largest absolute Gasteiger partial charge is 0.378 e. The van der Waals surface area contributed by atoms with Gasteiger partial charge >= 0.3 is 0 Å². The van der Waals surface area contributed by atoms with Crippen molar-refractivity contribution in [3.05, 3.63) is 101 Å². The van der Waals surface area contributed by atoms with Crippen LogP contribution in [0.4, 0.5) is 5.69 Å². The molecule has 0 unspecified atom stereocenters. The molecule has 3 atom stereocenters. The first kappa shape index (κ1) is 15.9. The van der Waals surface area contributed by atoms with Crippen molar-refractivity contribution in [2.75, 3.05) is 5.32 Å². The third-order valence-electron chi connectivity index (χ3n) is 5.71. The van der Waals surface area contributed by atoms with Crippen LogP contribution in [0.3, 0.4) is 0 Å². The second-order valence-electron chi connectivity index (χ2n) is 7.17. The quantitative estimate of drug-likeness (QED) is 0.458. The number of rotatable bonds is 2. The predicted octanol–water partition coefficient (Wildman–Crippen LogP) is 6.94. The summed E-state index contributed by atoms with van der Waals surface area (Å²) in [7, 11) is 0. The van der Waals surface area contributed by atoms with E-state index in [-0.39, 0.29) is 0 Å². The normalized spacial score (nSPS) is 23.2. The number of fused-ring (bicyclic) bond motifs is 3. The summed E-state index contributed by atoms with van der Waals surface area (Å²) in [6.07, 6.45) is 5.88. The molecule has 3 aromatic rings. The molecule has 0 saturated heterocycles.